The summed E-state index contributed by atoms with van der Waals surface area (Å²) >= 11 is 17.7. The van der Waals surface area contributed by atoms with Gasteiger partial charge in [-0.25, -0.2) is 13.2 Å². The molecule has 19 heavy (non-hydrogen) atoms. The zero-order valence-corrected chi connectivity index (χ0v) is 11.5. The molecule has 100 valence electrons. The molecule has 0 aromatic heterocycles. The molecule has 2 aromatic carbocycles. The molecule has 0 bridgehead atoms. The van der Waals surface area contributed by atoms with Crippen LogP contribution in [0.5, 0.6) is 0 Å². The topological polar surface area (TPSA) is 0 Å². The van der Waals surface area contributed by atoms with Crippen molar-refractivity contribution in [1.82, 2.24) is 0 Å². The van der Waals surface area contributed by atoms with Crippen molar-refractivity contribution >= 4 is 34.8 Å². The molecule has 0 radical (unpaired) electrons. The number of benzene rings is 2. The zero-order valence-electron chi connectivity index (χ0n) is 9.23. The zero-order chi connectivity index (χ0) is 14.2. The van der Waals surface area contributed by atoms with Gasteiger partial charge in [0.05, 0.1) is 10.0 Å². The smallest absolute Gasteiger partial charge is 0.206 e. The Morgan fingerprint density at radius 2 is 1.47 bits per heavy atom. The molecule has 0 saturated carbocycles. The molecular formula is C13H6Cl3F3. The van der Waals surface area contributed by atoms with Crippen LogP contribution in [0, 0.1) is 5.82 Å². The summed E-state index contributed by atoms with van der Waals surface area (Å²) in [5, 5.41) is 0.616. The maximum absolute atomic E-state index is 13.9. The van der Waals surface area contributed by atoms with Gasteiger partial charge in [-0.15, -0.1) is 0 Å². The molecule has 0 aliphatic heterocycles. The van der Waals surface area contributed by atoms with Gasteiger partial charge in [0.25, 0.3) is 6.43 Å². The molecule has 0 fully saturated rings. The highest BCUT2D eigenvalue weighted by Gasteiger charge is 2.16. The van der Waals surface area contributed by atoms with Crippen molar-refractivity contribution in [3.05, 3.63) is 56.8 Å². The fraction of sp³-hybridized carbons (Fsp3) is 0.0769. The van der Waals surface area contributed by atoms with Crippen molar-refractivity contribution in [2.45, 2.75) is 6.43 Å². The lowest BCUT2D eigenvalue weighted by atomic mass is 10.0. The number of alkyl halides is 2. The van der Waals surface area contributed by atoms with E-state index in [9.17, 15) is 13.2 Å². The van der Waals surface area contributed by atoms with Gasteiger partial charge in [-0.3, -0.25) is 0 Å². The minimum atomic E-state index is -2.74. The quantitative estimate of drug-likeness (QED) is 0.600. The summed E-state index contributed by atoms with van der Waals surface area (Å²) in [5.41, 5.74) is -0.121. The average Bonchev–Trinajstić information content (AvgIpc) is 2.29. The molecule has 0 unspecified atom stereocenters. The van der Waals surface area contributed by atoms with Crippen LogP contribution in [-0.4, -0.2) is 0 Å². The summed E-state index contributed by atoms with van der Waals surface area (Å²) in [6.07, 6.45) is -2.74. The van der Waals surface area contributed by atoms with E-state index in [1.54, 1.807) is 0 Å². The normalized spacial score (nSPS) is 11.1. The molecular weight excluding hydrogens is 319 g/mol. The Hall–Kier alpha value is -0.900. The van der Waals surface area contributed by atoms with E-state index in [2.05, 4.69) is 0 Å². The molecule has 0 aliphatic rings. The first-order chi connectivity index (χ1) is 8.90. The molecule has 0 saturated heterocycles. The second-order valence-electron chi connectivity index (χ2n) is 3.78. The van der Waals surface area contributed by atoms with E-state index in [1.807, 2.05) is 0 Å². The lowest BCUT2D eigenvalue weighted by Crippen LogP contribution is -1.91. The van der Waals surface area contributed by atoms with Crippen molar-refractivity contribution in [2.75, 3.05) is 0 Å². The highest BCUT2D eigenvalue weighted by molar-refractivity contribution is 6.41. The Kier molecular flexibility index (Phi) is 4.29. The molecule has 0 N–H and O–H groups in total. The molecule has 0 amide bonds. The van der Waals surface area contributed by atoms with Crippen LogP contribution in [0.25, 0.3) is 11.1 Å². The number of hydrogen-bond donors (Lipinski definition) is 0. The fourth-order valence-corrected chi connectivity index (χ4v) is 2.69. The Labute approximate surface area is 122 Å². The monoisotopic (exact) mass is 324 g/mol. The van der Waals surface area contributed by atoms with Crippen molar-refractivity contribution in [3.8, 4) is 11.1 Å². The van der Waals surface area contributed by atoms with Gasteiger partial charge >= 0.3 is 0 Å². The average molecular weight is 326 g/mol. The van der Waals surface area contributed by atoms with Gasteiger partial charge < -0.3 is 0 Å². The fourth-order valence-electron chi connectivity index (χ4n) is 1.67. The van der Waals surface area contributed by atoms with E-state index in [0.29, 0.717) is 5.02 Å². The van der Waals surface area contributed by atoms with Crippen LogP contribution in [0.3, 0.4) is 0 Å². The molecule has 2 aromatic rings. The summed E-state index contributed by atoms with van der Waals surface area (Å²) in [5.74, 6) is -0.816. The van der Waals surface area contributed by atoms with E-state index in [-0.39, 0.29) is 21.2 Å². The molecule has 0 heterocycles. The SMILES string of the molecule is Fc1cc(C(F)F)ccc1-c1c(Cl)cc(Cl)cc1Cl. The minimum Gasteiger partial charge on any atom is -0.206 e. The highest BCUT2D eigenvalue weighted by Crippen LogP contribution is 2.39. The van der Waals surface area contributed by atoms with E-state index >= 15 is 0 Å². The Morgan fingerprint density at radius 3 is 1.95 bits per heavy atom. The van der Waals surface area contributed by atoms with E-state index in [1.165, 1.54) is 18.2 Å². The third kappa shape index (κ3) is 2.99. The van der Waals surface area contributed by atoms with Crippen molar-refractivity contribution in [2.24, 2.45) is 0 Å². The van der Waals surface area contributed by atoms with E-state index < -0.39 is 17.8 Å². The molecule has 0 spiro atoms. The van der Waals surface area contributed by atoms with Crippen LogP contribution in [0.2, 0.25) is 15.1 Å². The largest absolute Gasteiger partial charge is 0.263 e. The van der Waals surface area contributed by atoms with Crippen LogP contribution >= 0.6 is 34.8 Å². The summed E-state index contributed by atoms with van der Waals surface area (Å²) in [6, 6.07) is 5.93. The molecule has 6 heteroatoms. The third-order valence-electron chi connectivity index (χ3n) is 2.52. The first-order valence-electron chi connectivity index (χ1n) is 5.12. The van der Waals surface area contributed by atoms with E-state index in [4.69, 9.17) is 34.8 Å². The maximum atomic E-state index is 13.9. The predicted molar refractivity (Wildman–Crippen MR) is 71.8 cm³/mol. The molecule has 0 atom stereocenters. The lowest BCUT2D eigenvalue weighted by molar-refractivity contribution is 0.151. The Bertz CT molecular complexity index is 604. The summed E-state index contributed by atoms with van der Waals surface area (Å²) in [6.45, 7) is 0. The van der Waals surface area contributed by atoms with Crippen LogP contribution in [0.4, 0.5) is 13.2 Å². The standard InChI is InChI=1S/C13H6Cl3F3/c14-7-4-9(15)12(10(16)5-7)8-2-1-6(13(18)19)3-11(8)17/h1-5,13H. The van der Waals surface area contributed by atoms with Gasteiger partial charge in [0.1, 0.15) is 5.82 Å². The Balaban J connectivity index is 2.60. The first kappa shape index (κ1) is 14.5. The summed E-state index contributed by atoms with van der Waals surface area (Å²) in [4.78, 5) is 0. The molecule has 2 rings (SSSR count). The van der Waals surface area contributed by atoms with Crippen LogP contribution in [0.1, 0.15) is 12.0 Å². The molecule has 0 nitrogen and oxygen atoms in total. The van der Waals surface area contributed by atoms with Crippen LogP contribution in [0.15, 0.2) is 30.3 Å². The number of rotatable bonds is 2. The Morgan fingerprint density at radius 1 is 0.895 bits per heavy atom. The van der Waals surface area contributed by atoms with Crippen LogP contribution in [-0.2, 0) is 0 Å². The minimum absolute atomic E-state index is 0.0519. The maximum Gasteiger partial charge on any atom is 0.263 e. The van der Waals surface area contributed by atoms with Crippen LogP contribution < -0.4 is 0 Å². The van der Waals surface area contributed by atoms with Gasteiger partial charge in [-0.1, -0.05) is 46.9 Å². The summed E-state index contributed by atoms with van der Waals surface area (Å²) < 4.78 is 38.8. The predicted octanol–water partition coefficient (Wildman–Crippen LogP) is 6.39. The number of hydrogen-bond acceptors (Lipinski definition) is 0. The second kappa shape index (κ2) is 5.61. The van der Waals surface area contributed by atoms with Gasteiger partial charge in [0.2, 0.25) is 0 Å². The van der Waals surface area contributed by atoms with Crippen molar-refractivity contribution in [3.63, 3.8) is 0 Å². The van der Waals surface area contributed by atoms with Crippen molar-refractivity contribution in [1.29, 1.82) is 0 Å². The number of halogens is 6. The first-order valence-corrected chi connectivity index (χ1v) is 6.26. The van der Waals surface area contributed by atoms with Gasteiger partial charge in [-0.2, -0.15) is 0 Å². The van der Waals surface area contributed by atoms with Crippen molar-refractivity contribution < 1.29 is 13.2 Å². The van der Waals surface area contributed by atoms with Gasteiger partial charge in [-0.05, 0) is 18.2 Å². The summed E-state index contributed by atoms with van der Waals surface area (Å²) in [7, 11) is 0. The van der Waals surface area contributed by atoms with Gasteiger partial charge in [0.15, 0.2) is 0 Å². The van der Waals surface area contributed by atoms with E-state index in [0.717, 1.165) is 12.1 Å². The lowest BCUT2D eigenvalue weighted by Gasteiger charge is -2.10. The third-order valence-corrected chi connectivity index (χ3v) is 3.34. The van der Waals surface area contributed by atoms with Gasteiger partial charge in [0, 0.05) is 21.7 Å². The highest BCUT2D eigenvalue weighted by atomic mass is 35.5. The molecule has 0 aliphatic carbocycles. The second-order valence-corrected chi connectivity index (χ2v) is 5.04.